The van der Waals surface area contributed by atoms with E-state index >= 15 is 0 Å². The van der Waals surface area contributed by atoms with Gasteiger partial charge in [-0.25, -0.2) is 0 Å². The van der Waals surface area contributed by atoms with Gasteiger partial charge in [0.05, 0.1) is 16.1 Å². The van der Waals surface area contributed by atoms with Crippen LogP contribution in [0, 0.1) is 10.1 Å². The molecule has 2 aromatic carbocycles. The molecule has 0 unspecified atom stereocenters. The lowest BCUT2D eigenvalue weighted by Gasteiger charge is -2.16. The summed E-state index contributed by atoms with van der Waals surface area (Å²) in [6, 6.07) is 7.14. The topological polar surface area (TPSA) is 67.2 Å². The number of hydrogen-bond donors (Lipinski definition) is 2. The molecule has 0 spiro atoms. The molecule has 0 atom stereocenters. The van der Waals surface area contributed by atoms with Crippen molar-refractivity contribution in [3.63, 3.8) is 0 Å². The zero-order valence-corrected chi connectivity index (χ0v) is 15.0. The van der Waals surface area contributed by atoms with Gasteiger partial charge < -0.3 is 10.6 Å². The minimum atomic E-state index is -5.04. The molecule has 156 valence electrons. The van der Waals surface area contributed by atoms with Gasteiger partial charge in [0, 0.05) is 17.3 Å². The Hall–Kier alpha value is -2.95. The molecule has 0 radical (unpaired) electrons. The molecule has 29 heavy (non-hydrogen) atoms. The second-order valence-corrected chi connectivity index (χ2v) is 6.17. The minimum Gasteiger partial charge on any atom is -0.362 e. The molecule has 0 heterocycles. The molecule has 0 saturated carbocycles. The fourth-order valence-electron chi connectivity index (χ4n) is 2.25. The lowest BCUT2D eigenvalue weighted by molar-refractivity contribution is -0.403. The highest BCUT2D eigenvalue weighted by atomic mass is 35.5. The number of nitrogens with one attached hydrogen (secondary N) is 2. The van der Waals surface area contributed by atoms with Crippen LogP contribution in [-0.2, 0) is 18.9 Å². The van der Waals surface area contributed by atoms with Gasteiger partial charge >= 0.3 is 12.4 Å². The van der Waals surface area contributed by atoms with Crippen molar-refractivity contribution in [1.29, 1.82) is 0 Å². The Balaban J connectivity index is 2.33. The van der Waals surface area contributed by atoms with Gasteiger partial charge in [-0.15, -0.1) is 0 Å². The van der Waals surface area contributed by atoms with Gasteiger partial charge in [-0.3, -0.25) is 10.1 Å². The molecule has 0 saturated heterocycles. The van der Waals surface area contributed by atoms with E-state index in [4.69, 9.17) is 11.6 Å². The Morgan fingerprint density at radius 3 is 2.10 bits per heavy atom. The molecule has 5 nitrogen and oxygen atoms in total. The molecule has 2 N–H and O–H groups in total. The number of rotatable bonds is 6. The van der Waals surface area contributed by atoms with Gasteiger partial charge in [0.25, 0.3) is 6.20 Å². The first kappa shape index (κ1) is 22.3. The van der Waals surface area contributed by atoms with Crippen LogP contribution in [0.3, 0.4) is 0 Å². The SMILES string of the molecule is O=[N+]([O-])C=C(NCc1cccc(Cl)c1)Nc1cc(C(F)(F)F)cc(C(F)(F)F)c1. The van der Waals surface area contributed by atoms with E-state index in [1.165, 1.54) is 6.07 Å². The fourth-order valence-corrected chi connectivity index (χ4v) is 2.47. The van der Waals surface area contributed by atoms with Crippen LogP contribution in [0.1, 0.15) is 16.7 Å². The van der Waals surface area contributed by atoms with E-state index in [0.717, 1.165) is 0 Å². The van der Waals surface area contributed by atoms with Crippen molar-refractivity contribution >= 4 is 17.3 Å². The van der Waals surface area contributed by atoms with Crippen molar-refractivity contribution in [2.75, 3.05) is 5.32 Å². The first-order chi connectivity index (χ1) is 13.3. The molecule has 12 heteroatoms. The van der Waals surface area contributed by atoms with Gasteiger partial charge in [-0.05, 0) is 35.9 Å². The molecule has 0 aromatic heterocycles. The number of anilines is 1. The third-order valence-corrected chi connectivity index (χ3v) is 3.71. The predicted molar refractivity (Wildman–Crippen MR) is 93.4 cm³/mol. The van der Waals surface area contributed by atoms with E-state index in [-0.39, 0.29) is 12.6 Å². The van der Waals surface area contributed by atoms with Gasteiger partial charge in [0.2, 0.25) is 0 Å². The van der Waals surface area contributed by atoms with Crippen molar-refractivity contribution in [2.45, 2.75) is 18.9 Å². The second kappa shape index (κ2) is 8.60. The maximum Gasteiger partial charge on any atom is 0.416 e. The van der Waals surface area contributed by atoms with E-state index in [1.807, 2.05) is 0 Å². The van der Waals surface area contributed by atoms with Crippen molar-refractivity contribution in [3.05, 3.63) is 86.3 Å². The molecule has 0 aliphatic heterocycles. The maximum atomic E-state index is 12.9. The summed E-state index contributed by atoms with van der Waals surface area (Å²) < 4.78 is 77.7. The molecule has 0 aliphatic carbocycles. The standard InChI is InChI=1S/C17H12ClF6N3O2/c18-13-3-1-2-10(4-13)8-25-15(9-27(28)29)26-14-6-11(16(19,20)21)5-12(7-14)17(22,23)24/h1-7,9,25-26H,8H2. The molecule has 2 rings (SSSR count). The fraction of sp³-hybridized carbons (Fsp3) is 0.176. The van der Waals surface area contributed by atoms with Gasteiger partial charge in [0.15, 0.2) is 5.82 Å². The summed E-state index contributed by atoms with van der Waals surface area (Å²) in [5.41, 5.74) is -3.15. The summed E-state index contributed by atoms with van der Waals surface area (Å²) in [6.45, 7) is -0.0294. The molecule has 2 aromatic rings. The molecule has 0 bridgehead atoms. The lowest BCUT2D eigenvalue weighted by Crippen LogP contribution is -2.21. The average molecular weight is 440 g/mol. The highest BCUT2D eigenvalue weighted by Gasteiger charge is 2.37. The van der Waals surface area contributed by atoms with Crippen LogP contribution in [0.4, 0.5) is 32.0 Å². The van der Waals surface area contributed by atoms with Crippen molar-refractivity contribution in [2.24, 2.45) is 0 Å². The van der Waals surface area contributed by atoms with Crippen LogP contribution in [-0.4, -0.2) is 4.92 Å². The molecule has 0 aliphatic rings. The summed E-state index contributed by atoms with van der Waals surface area (Å²) in [5, 5.41) is 15.9. The zero-order valence-electron chi connectivity index (χ0n) is 14.2. The number of hydrogen-bond acceptors (Lipinski definition) is 4. The second-order valence-electron chi connectivity index (χ2n) is 5.73. The third-order valence-electron chi connectivity index (χ3n) is 3.47. The van der Waals surface area contributed by atoms with E-state index < -0.39 is 39.9 Å². The number of nitro groups is 1. The van der Waals surface area contributed by atoms with Crippen LogP contribution < -0.4 is 10.6 Å². The van der Waals surface area contributed by atoms with Crippen LogP contribution in [0.25, 0.3) is 0 Å². The normalized spacial score (nSPS) is 12.6. The molecular formula is C17H12ClF6N3O2. The van der Waals surface area contributed by atoms with Gasteiger partial charge in [-0.2, -0.15) is 26.3 Å². The Kier molecular flexibility index (Phi) is 6.62. The molecule has 0 amide bonds. The smallest absolute Gasteiger partial charge is 0.362 e. The Morgan fingerprint density at radius 1 is 1.03 bits per heavy atom. The third kappa shape index (κ3) is 6.86. The van der Waals surface area contributed by atoms with Crippen LogP contribution in [0.15, 0.2) is 54.5 Å². The van der Waals surface area contributed by atoms with E-state index in [2.05, 4.69) is 10.6 Å². The summed E-state index contributed by atoms with van der Waals surface area (Å²) in [6.07, 6.45) is -9.70. The summed E-state index contributed by atoms with van der Waals surface area (Å²) >= 11 is 5.82. The Bertz CT molecular complexity index is 896. The first-order valence-electron chi connectivity index (χ1n) is 7.75. The van der Waals surface area contributed by atoms with E-state index in [9.17, 15) is 36.5 Å². The van der Waals surface area contributed by atoms with Crippen molar-refractivity contribution < 1.29 is 31.3 Å². The predicted octanol–water partition coefficient (Wildman–Crippen LogP) is 5.65. The Morgan fingerprint density at radius 2 is 1.62 bits per heavy atom. The Labute approximate surface area is 165 Å². The lowest BCUT2D eigenvalue weighted by atomic mass is 10.1. The number of benzene rings is 2. The summed E-state index contributed by atoms with van der Waals surface area (Å²) in [5.74, 6) is -0.414. The van der Waals surface area contributed by atoms with Crippen LogP contribution in [0.5, 0.6) is 0 Å². The minimum absolute atomic E-state index is 0.0294. The summed E-state index contributed by atoms with van der Waals surface area (Å²) in [7, 11) is 0. The first-order valence-corrected chi connectivity index (χ1v) is 8.12. The van der Waals surface area contributed by atoms with Crippen molar-refractivity contribution in [3.8, 4) is 0 Å². The van der Waals surface area contributed by atoms with Crippen molar-refractivity contribution in [1.82, 2.24) is 5.32 Å². The summed E-state index contributed by atoms with van der Waals surface area (Å²) in [4.78, 5) is 9.87. The highest BCUT2D eigenvalue weighted by Crippen LogP contribution is 2.37. The number of alkyl halides is 6. The average Bonchev–Trinajstić information content (AvgIpc) is 2.57. The van der Waals surface area contributed by atoms with Gasteiger partial charge in [-0.1, -0.05) is 23.7 Å². The van der Waals surface area contributed by atoms with Gasteiger partial charge in [0.1, 0.15) is 0 Å². The van der Waals surface area contributed by atoms with E-state index in [0.29, 0.717) is 28.9 Å². The quantitative estimate of drug-likeness (QED) is 0.346. The zero-order chi connectivity index (χ0) is 21.8. The maximum absolute atomic E-state index is 12.9. The monoisotopic (exact) mass is 439 g/mol. The van der Waals surface area contributed by atoms with Crippen LogP contribution >= 0.6 is 11.6 Å². The van der Waals surface area contributed by atoms with Crippen LogP contribution in [0.2, 0.25) is 5.02 Å². The largest absolute Gasteiger partial charge is 0.416 e. The van der Waals surface area contributed by atoms with E-state index in [1.54, 1.807) is 18.2 Å². The highest BCUT2D eigenvalue weighted by molar-refractivity contribution is 6.30. The molecular weight excluding hydrogens is 428 g/mol. The molecule has 0 fully saturated rings. The number of nitrogens with zero attached hydrogens (tertiary/aromatic N) is 1. The number of halogens is 7.